The smallest absolute Gasteiger partial charge is 0.239 e. The van der Waals surface area contributed by atoms with E-state index in [1.807, 2.05) is 44.2 Å². The molecule has 0 unspecified atom stereocenters. The number of anilines is 1. The number of amides is 3. The van der Waals surface area contributed by atoms with Crippen LogP contribution in [0.3, 0.4) is 0 Å². The molecule has 0 atom stereocenters. The number of nitrogens with zero attached hydrogens (tertiary/aromatic N) is 2. The number of thiazole rings is 1. The van der Waals surface area contributed by atoms with Crippen LogP contribution in [0.1, 0.15) is 32.3 Å². The van der Waals surface area contributed by atoms with Crippen molar-refractivity contribution < 1.29 is 14.4 Å². The van der Waals surface area contributed by atoms with E-state index >= 15 is 0 Å². The van der Waals surface area contributed by atoms with E-state index in [9.17, 15) is 14.4 Å². The standard InChI is InChI=1S/C19H24N4O3S/c1-14(2)21-17(25)13-23(12-15-6-4-3-5-7-15)18(26)9-8-16(24)22-19-20-10-11-27-19/h3-7,10-11,14H,8-9,12-13H2,1-2H3,(H,21,25)(H,20,22,24). The average Bonchev–Trinajstić information content (AvgIpc) is 3.12. The SMILES string of the molecule is CC(C)NC(=O)CN(Cc1ccccc1)C(=O)CCC(=O)Nc1nccs1. The lowest BCUT2D eigenvalue weighted by Crippen LogP contribution is -2.42. The fourth-order valence-electron chi connectivity index (χ4n) is 2.42. The average molecular weight is 388 g/mol. The lowest BCUT2D eigenvalue weighted by Gasteiger charge is -2.23. The zero-order valence-electron chi connectivity index (χ0n) is 15.5. The summed E-state index contributed by atoms with van der Waals surface area (Å²) in [5.74, 6) is -0.738. The Labute approximate surface area is 162 Å². The van der Waals surface area contributed by atoms with Crippen molar-refractivity contribution in [3.63, 3.8) is 0 Å². The molecule has 0 radical (unpaired) electrons. The predicted molar refractivity (Wildman–Crippen MR) is 105 cm³/mol. The van der Waals surface area contributed by atoms with Gasteiger partial charge in [0.2, 0.25) is 17.7 Å². The summed E-state index contributed by atoms with van der Waals surface area (Å²) in [6, 6.07) is 9.45. The first kappa shape index (κ1) is 20.6. The Morgan fingerprint density at radius 1 is 1.11 bits per heavy atom. The normalized spacial score (nSPS) is 10.5. The largest absolute Gasteiger partial charge is 0.352 e. The summed E-state index contributed by atoms with van der Waals surface area (Å²) in [4.78, 5) is 42.2. The van der Waals surface area contributed by atoms with Crippen LogP contribution in [-0.4, -0.2) is 40.2 Å². The summed E-state index contributed by atoms with van der Waals surface area (Å²) in [6.07, 6.45) is 1.66. The predicted octanol–water partition coefficient (Wildman–Crippen LogP) is 2.42. The van der Waals surface area contributed by atoms with Gasteiger partial charge in [-0.2, -0.15) is 0 Å². The second-order valence-electron chi connectivity index (χ2n) is 6.34. The molecule has 144 valence electrons. The van der Waals surface area contributed by atoms with Gasteiger partial charge in [-0.15, -0.1) is 11.3 Å². The minimum absolute atomic E-state index is 0.00440. The Morgan fingerprint density at radius 2 is 1.85 bits per heavy atom. The monoisotopic (exact) mass is 388 g/mol. The van der Waals surface area contributed by atoms with Gasteiger partial charge in [-0.1, -0.05) is 30.3 Å². The Kier molecular flexibility index (Phi) is 7.94. The molecule has 0 spiro atoms. The van der Waals surface area contributed by atoms with Crippen molar-refractivity contribution in [2.45, 2.75) is 39.3 Å². The lowest BCUT2D eigenvalue weighted by atomic mass is 10.2. The maximum atomic E-state index is 12.6. The molecule has 2 aromatic rings. The molecule has 27 heavy (non-hydrogen) atoms. The molecule has 2 N–H and O–H groups in total. The van der Waals surface area contributed by atoms with E-state index in [1.54, 1.807) is 11.6 Å². The molecule has 0 saturated heterocycles. The summed E-state index contributed by atoms with van der Waals surface area (Å²) in [5, 5.41) is 7.70. The number of nitrogens with one attached hydrogen (secondary N) is 2. The second kappa shape index (κ2) is 10.4. The highest BCUT2D eigenvalue weighted by Gasteiger charge is 2.19. The number of rotatable bonds is 9. The van der Waals surface area contributed by atoms with Gasteiger partial charge in [-0.3, -0.25) is 14.4 Å². The Balaban J connectivity index is 1.94. The molecule has 0 saturated carbocycles. The topological polar surface area (TPSA) is 91.4 Å². The van der Waals surface area contributed by atoms with Crippen LogP contribution in [0.15, 0.2) is 41.9 Å². The van der Waals surface area contributed by atoms with Crippen LogP contribution < -0.4 is 10.6 Å². The summed E-state index contributed by atoms with van der Waals surface area (Å²) in [6.45, 7) is 4.01. The first-order valence-electron chi connectivity index (χ1n) is 8.74. The first-order valence-corrected chi connectivity index (χ1v) is 9.62. The van der Waals surface area contributed by atoms with Crippen molar-refractivity contribution in [1.82, 2.24) is 15.2 Å². The van der Waals surface area contributed by atoms with Crippen LogP contribution in [0, 0.1) is 0 Å². The third kappa shape index (κ3) is 7.57. The van der Waals surface area contributed by atoms with Crippen molar-refractivity contribution in [3.8, 4) is 0 Å². The minimum atomic E-state index is -0.274. The fraction of sp³-hybridized carbons (Fsp3) is 0.368. The van der Waals surface area contributed by atoms with Crippen LogP contribution in [-0.2, 0) is 20.9 Å². The van der Waals surface area contributed by atoms with Crippen LogP contribution in [0.5, 0.6) is 0 Å². The molecule has 3 amide bonds. The molecule has 0 bridgehead atoms. The number of aromatic nitrogens is 1. The summed E-state index contributed by atoms with van der Waals surface area (Å²) in [5.41, 5.74) is 0.926. The number of carbonyl (C=O) groups is 3. The van der Waals surface area contributed by atoms with E-state index in [0.717, 1.165) is 5.56 Å². The van der Waals surface area contributed by atoms with E-state index < -0.39 is 0 Å². The molecule has 0 fully saturated rings. The third-order valence-electron chi connectivity index (χ3n) is 3.60. The maximum absolute atomic E-state index is 12.6. The molecule has 7 nitrogen and oxygen atoms in total. The number of carbonyl (C=O) groups excluding carboxylic acids is 3. The highest BCUT2D eigenvalue weighted by molar-refractivity contribution is 7.13. The number of hydrogen-bond donors (Lipinski definition) is 2. The van der Waals surface area contributed by atoms with E-state index in [1.165, 1.54) is 16.2 Å². The summed E-state index contributed by atoms with van der Waals surface area (Å²) < 4.78 is 0. The Hall–Kier alpha value is -2.74. The number of benzene rings is 1. The van der Waals surface area contributed by atoms with Crippen molar-refractivity contribution in [3.05, 3.63) is 47.5 Å². The molecular weight excluding hydrogens is 364 g/mol. The van der Waals surface area contributed by atoms with Gasteiger partial charge in [0, 0.05) is 37.0 Å². The molecule has 0 aliphatic carbocycles. The van der Waals surface area contributed by atoms with Gasteiger partial charge in [0.05, 0.1) is 6.54 Å². The van der Waals surface area contributed by atoms with Gasteiger partial charge in [0.1, 0.15) is 0 Å². The molecule has 1 aromatic heterocycles. The van der Waals surface area contributed by atoms with Gasteiger partial charge in [0.25, 0.3) is 0 Å². The van der Waals surface area contributed by atoms with E-state index in [4.69, 9.17) is 0 Å². The third-order valence-corrected chi connectivity index (χ3v) is 4.29. The minimum Gasteiger partial charge on any atom is -0.352 e. The van der Waals surface area contributed by atoms with Gasteiger partial charge < -0.3 is 15.5 Å². The maximum Gasteiger partial charge on any atom is 0.239 e. The summed E-state index contributed by atoms with van der Waals surface area (Å²) in [7, 11) is 0. The van der Waals surface area contributed by atoms with Crippen LogP contribution in [0.2, 0.25) is 0 Å². The number of hydrogen-bond acceptors (Lipinski definition) is 5. The zero-order chi connectivity index (χ0) is 19.6. The molecule has 8 heteroatoms. The van der Waals surface area contributed by atoms with Crippen molar-refractivity contribution in [2.24, 2.45) is 0 Å². The summed E-state index contributed by atoms with van der Waals surface area (Å²) >= 11 is 1.32. The molecule has 0 aliphatic rings. The van der Waals surface area contributed by atoms with Crippen molar-refractivity contribution in [1.29, 1.82) is 0 Å². The van der Waals surface area contributed by atoms with E-state index in [0.29, 0.717) is 11.7 Å². The second-order valence-corrected chi connectivity index (χ2v) is 7.24. The van der Waals surface area contributed by atoms with Crippen LogP contribution >= 0.6 is 11.3 Å². The first-order chi connectivity index (χ1) is 12.9. The molecule has 2 rings (SSSR count). The van der Waals surface area contributed by atoms with Gasteiger partial charge in [0.15, 0.2) is 5.13 Å². The zero-order valence-corrected chi connectivity index (χ0v) is 16.3. The van der Waals surface area contributed by atoms with Gasteiger partial charge >= 0.3 is 0 Å². The highest BCUT2D eigenvalue weighted by Crippen LogP contribution is 2.12. The Bertz CT molecular complexity index is 748. The van der Waals surface area contributed by atoms with Crippen molar-refractivity contribution in [2.75, 3.05) is 11.9 Å². The van der Waals surface area contributed by atoms with Gasteiger partial charge in [-0.05, 0) is 19.4 Å². The Morgan fingerprint density at radius 3 is 2.48 bits per heavy atom. The van der Waals surface area contributed by atoms with Crippen molar-refractivity contribution >= 4 is 34.2 Å². The van der Waals surface area contributed by atoms with Gasteiger partial charge in [-0.25, -0.2) is 4.98 Å². The fourth-order valence-corrected chi connectivity index (χ4v) is 2.97. The quantitative estimate of drug-likeness (QED) is 0.690. The molecule has 1 aromatic carbocycles. The lowest BCUT2D eigenvalue weighted by molar-refractivity contribution is -0.137. The van der Waals surface area contributed by atoms with E-state index in [-0.39, 0.29) is 43.1 Å². The van der Waals surface area contributed by atoms with E-state index in [2.05, 4.69) is 15.6 Å². The molecule has 1 heterocycles. The molecular formula is C19H24N4O3S. The highest BCUT2D eigenvalue weighted by atomic mass is 32.1. The van der Waals surface area contributed by atoms with Crippen LogP contribution in [0.25, 0.3) is 0 Å². The molecule has 0 aliphatic heterocycles. The van der Waals surface area contributed by atoms with Crippen LogP contribution in [0.4, 0.5) is 5.13 Å².